The summed E-state index contributed by atoms with van der Waals surface area (Å²) in [6.45, 7) is 3.83. The number of carbonyl (C=O) groups is 2. The van der Waals surface area contributed by atoms with Crippen LogP contribution in [0.4, 0.5) is 0 Å². The van der Waals surface area contributed by atoms with Crippen molar-refractivity contribution < 1.29 is 28.9 Å². The Morgan fingerprint density at radius 2 is 1.91 bits per heavy atom. The van der Waals surface area contributed by atoms with Crippen LogP contribution in [0.15, 0.2) is 42.3 Å². The molecule has 1 fully saturated rings. The highest BCUT2D eigenvalue weighted by Crippen LogP contribution is 2.37. The average Bonchev–Trinajstić information content (AvgIpc) is 3.24. The number of amides is 1. The molecule has 0 spiro atoms. The molecule has 0 saturated carbocycles. The summed E-state index contributed by atoms with van der Waals surface area (Å²) >= 11 is 0. The number of carbonyl (C=O) groups excluding carboxylic acids is 2. The maximum Gasteiger partial charge on any atom is 0.288 e. The van der Waals surface area contributed by atoms with Crippen LogP contribution in [-0.4, -0.2) is 72.2 Å². The molecule has 0 radical (unpaired) electrons. The minimum Gasteiger partial charge on any atom is -0.459 e. The van der Waals surface area contributed by atoms with Gasteiger partial charge in [-0.1, -0.05) is 18.2 Å². The van der Waals surface area contributed by atoms with Gasteiger partial charge >= 0.3 is 0 Å². The molecule has 1 aromatic carbocycles. The van der Waals surface area contributed by atoms with Crippen LogP contribution in [0.5, 0.6) is 0 Å². The molecule has 8 heteroatoms. The molecule has 1 saturated heterocycles. The molecule has 2 aromatic rings. The third-order valence-corrected chi connectivity index (χ3v) is 6.16. The summed E-state index contributed by atoms with van der Waals surface area (Å²) in [5.41, 5.74) is 1.82. The largest absolute Gasteiger partial charge is 0.459 e. The van der Waals surface area contributed by atoms with Crippen LogP contribution < -0.4 is 0 Å². The number of benzene rings is 1. The summed E-state index contributed by atoms with van der Waals surface area (Å²) in [6.07, 6.45) is 6.78. The molecule has 8 nitrogen and oxygen atoms in total. The summed E-state index contributed by atoms with van der Waals surface area (Å²) < 4.78 is 18.8. The standard InChI is InChI=1S/C25H32N2O6/c1-18(29)27-17-21(20-7-3-4-8-22(20)27)19-15-23(25(30)26-9-5-2-6-10-26)33-24(16-19)32-14-13-31-12-11-28/h3-4,7-8,15,17,19,24,28H,2,5-6,9-14,16H2,1H3/t19-,24+/m0/s1. The molecule has 2 aliphatic heterocycles. The van der Waals surface area contributed by atoms with Crippen molar-refractivity contribution in [3.05, 3.63) is 47.9 Å². The maximum absolute atomic E-state index is 13.2. The van der Waals surface area contributed by atoms with E-state index < -0.39 is 6.29 Å². The highest BCUT2D eigenvalue weighted by Gasteiger charge is 2.32. The third kappa shape index (κ3) is 5.46. The molecule has 0 unspecified atom stereocenters. The Labute approximate surface area is 193 Å². The number of nitrogens with zero attached hydrogens (tertiary/aromatic N) is 2. The van der Waals surface area contributed by atoms with Crippen molar-refractivity contribution in [3.8, 4) is 0 Å². The molecule has 0 bridgehead atoms. The first-order valence-electron chi connectivity index (χ1n) is 11.7. The summed E-state index contributed by atoms with van der Waals surface area (Å²) in [5, 5.41) is 9.83. The van der Waals surface area contributed by atoms with Gasteiger partial charge in [0.15, 0.2) is 5.76 Å². The van der Waals surface area contributed by atoms with Crippen LogP contribution in [0.1, 0.15) is 48.9 Å². The molecule has 1 N–H and O–H groups in total. The van der Waals surface area contributed by atoms with Crippen molar-refractivity contribution >= 4 is 22.7 Å². The van der Waals surface area contributed by atoms with Gasteiger partial charge in [0.1, 0.15) is 0 Å². The third-order valence-electron chi connectivity index (χ3n) is 6.16. The molecule has 2 aliphatic rings. The van der Waals surface area contributed by atoms with Gasteiger partial charge in [-0.2, -0.15) is 0 Å². The lowest BCUT2D eigenvalue weighted by molar-refractivity contribution is -0.157. The van der Waals surface area contributed by atoms with Gasteiger partial charge in [-0.05, 0) is 37.0 Å². The Morgan fingerprint density at radius 1 is 1.12 bits per heavy atom. The van der Waals surface area contributed by atoms with Crippen molar-refractivity contribution in [1.29, 1.82) is 0 Å². The predicted octanol–water partition coefficient (Wildman–Crippen LogP) is 3.05. The van der Waals surface area contributed by atoms with E-state index in [1.54, 1.807) is 11.5 Å². The van der Waals surface area contributed by atoms with E-state index >= 15 is 0 Å². The monoisotopic (exact) mass is 456 g/mol. The highest BCUT2D eigenvalue weighted by atomic mass is 16.7. The number of hydrogen-bond acceptors (Lipinski definition) is 6. The van der Waals surface area contributed by atoms with Gasteiger partial charge in [0.05, 0.1) is 31.9 Å². The normalized spacial score (nSPS) is 21.0. The van der Waals surface area contributed by atoms with Gasteiger partial charge in [-0.15, -0.1) is 0 Å². The molecule has 1 aromatic heterocycles. The van der Waals surface area contributed by atoms with Crippen molar-refractivity contribution in [2.75, 3.05) is 39.5 Å². The second-order valence-corrected chi connectivity index (χ2v) is 8.47. The van der Waals surface area contributed by atoms with E-state index in [1.807, 2.05) is 41.4 Å². The molecule has 1 amide bonds. The van der Waals surface area contributed by atoms with Gasteiger partial charge in [0, 0.05) is 43.9 Å². The summed E-state index contributed by atoms with van der Waals surface area (Å²) in [6, 6.07) is 7.79. The molecule has 33 heavy (non-hydrogen) atoms. The van der Waals surface area contributed by atoms with Gasteiger partial charge in [0.2, 0.25) is 12.2 Å². The van der Waals surface area contributed by atoms with E-state index in [0.717, 1.165) is 48.8 Å². The molecule has 0 aliphatic carbocycles. The molecular weight excluding hydrogens is 424 g/mol. The highest BCUT2D eigenvalue weighted by molar-refractivity contribution is 5.95. The second-order valence-electron chi connectivity index (χ2n) is 8.47. The van der Waals surface area contributed by atoms with Crippen LogP contribution in [0.2, 0.25) is 0 Å². The summed E-state index contributed by atoms with van der Waals surface area (Å²) in [7, 11) is 0. The zero-order valence-electron chi connectivity index (χ0n) is 19.1. The van der Waals surface area contributed by atoms with Crippen molar-refractivity contribution in [2.24, 2.45) is 0 Å². The lowest BCUT2D eigenvalue weighted by atomic mass is 9.92. The van der Waals surface area contributed by atoms with Crippen LogP contribution in [0.3, 0.4) is 0 Å². The van der Waals surface area contributed by atoms with Gasteiger partial charge in [-0.3, -0.25) is 14.2 Å². The molecule has 178 valence electrons. The van der Waals surface area contributed by atoms with E-state index in [2.05, 4.69) is 0 Å². The number of rotatable bonds is 8. The minimum atomic E-state index is -0.610. The van der Waals surface area contributed by atoms with Gasteiger partial charge in [-0.25, -0.2) is 0 Å². The summed E-state index contributed by atoms with van der Waals surface area (Å²) in [5.74, 6) is -0.0165. The Morgan fingerprint density at radius 3 is 2.67 bits per heavy atom. The van der Waals surface area contributed by atoms with E-state index in [-0.39, 0.29) is 37.6 Å². The molecule has 4 rings (SSSR count). The van der Waals surface area contributed by atoms with Crippen LogP contribution in [0.25, 0.3) is 10.9 Å². The van der Waals surface area contributed by atoms with Gasteiger partial charge < -0.3 is 24.2 Å². The maximum atomic E-state index is 13.2. The lowest BCUT2D eigenvalue weighted by Crippen LogP contribution is -2.39. The zero-order valence-corrected chi connectivity index (χ0v) is 19.1. The summed E-state index contributed by atoms with van der Waals surface area (Å²) in [4.78, 5) is 27.3. The number of aliphatic hydroxyl groups is 1. The number of hydrogen-bond donors (Lipinski definition) is 1. The number of likely N-dealkylation sites (tertiary alicyclic amines) is 1. The number of allylic oxidation sites excluding steroid dienone is 1. The molecule has 2 atom stereocenters. The Balaban J connectivity index is 1.61. The van der Waals surface area contributed by atoms with Crippen molar-refractivity contribution in [3.63, 3.8) is 0 Å². The first kappa shape index (κ1) is 23.5. The van der Waals surface area contributed by atoms with Crippen LogP contribution >= 0.6 is 0 Å². The second kappa shape index (κ2) is 11.0. The zero-order chi connectivity index (χ0) is 23.2. The minimum absolute atomic E-state index is 0.0422. The fraction of sp³-hybridized carbons (Fsp3) is 0.520. The van der Waals surface area contributed by atoms with Crippen LogP contribution in [0, 0.1) is 0 Å². The number of ether oxygens (including phenoxy) is 3. The number of aliphatic hydroxyl groups excluding tert-OH is 1. The first-order valence-corrected chi connectivity index (χ1v) is 11.7. The van der Waals surface area contributed by atoms with Crippen molar-refractivity contribution in [2.45, 2.75) is 44.8 Å². The Hall–Kier alpha value is -2.68. The lowest BCUT2D eigenvalue weighted by Gasteiger charge is -2.33. The number of para-hydroxylation sites is 1. The fourth-order valence-corrected chi connectivity index (χ4v) is 4.55. The van der Waals surface area contributed by atoms with Crippen LogP contribution in [-0.2, 0) is 19.0 Å². The van der Waals surface area contributed by atoms with E-state index in [1.165, 1.54) is 0 Å². The Kier molecular flexibility index (Phi) is 7.80. The SMILES string of the molecule is CC(=O)n1cc([C@H]2C=C(C(=O)N3CCCCC3)O[C@@H](OCCOCCO)C2)c2ccccc21. The topological polar surface area (TPSA) is 90.2 Å². The Bertz CT molecular complexity index is 1010. The quantitative estimate of drug-likeness (QED) is 0.614. The van der Waals surface area contributed by atoms with E-state index in [4.69, 9.17) is 19.3 Å². The number of aromatic nitrogens is 1. The number of fused-ring (bicyclic) bond motifs is 1. The molecular formula is C25H32N2O6. The van der Waals surface area contributed by atoms with Gasteiger partial charge in [0.25, 0.3) is 5.91 Å². The fourth-order valence-electron chi connectivity index (χ4n) is 4.55. The number of piperidine rings is 1. The van der Waals surface area contributed by atoms with E-state index in [0.29, 0.717) is 18.8 Å². The first-order chi connectivity index (χ1) is 16.1. The van der Waals surface area contributed by atoms with Crippen molar-refractivity contribution in [1.82, 2.24) is 9.47 Å². The molecule has 3 heterocycles. The smallest absolute Gasteiger partial charge is 0.288 e. The average molecular weight is 457 g/mol. The van der Waals surface area contributed by atoms with E-state index in [9.17, 15) is 9.59 Å². The predicted molar refractivity (Wildman–Crippen MR) is 123 cm³/mol.